The van der Waals surface area contributed by atoms with Crippen LogP contribution >= 0.6 is 0 Å². The van der Waals surface area contributed by atoms with Gasteiger partial charge in [0.05, 0.1) is 18.9 Å². The summed E-state index contributed by atoms with van der Waals surface area (Å²) in [6.07, 6.45) is 6.82. The fraction of sp³-hybridized carbons (Fsp3) is 0.529. The number of amides is 1. The van der Waals surface area contributed by atoms with E-state index in [1.54, 1.807) is 6.26 Å². The summed E-state index contributed by atoms with van der Waals surface area (Å²) < 4.78 is 11.1. The SMILES string of the molecule is O=C(c1n[nH]c2c1CCC2)N(Cc1ccco1)C[C@@H]1CCCO1. The first kappa shape index (κ1) is 14.5. The lowest BCUT2D eigenvalue weighted by molar-refractivity contribution is 0.0486. The van der Waals surface area contributed by atoms with E-state index in [1.807, 2.05) is 17.0 Å². The molecule has 2 aromatic heterocycles. The maximum absolute atomic E-state index is 13.0. The fourth-order valence-electron chi connectivity index (χ4n) is 3.49. The average molecular weight is 315 g/mol. The third kappa shape index (κ3) is 2.91. The Kier molecular flexibility index (Phi) is 3.91. The molecule has 0 radical (unpaired) electrons. The minimum Gasteiger partial charge on any atom is -0.467 e. The number of carbonyl (C=O) groups excluding carboxylic acids is 1. The summed E-state index contributed by atoms with van der Waals surface area (Å²) in [6.45, 7) is 1.82. The molecule has 0 aromatic carbocycles. The summed E-state index contributed by atoms with van der Waals surface area (Å²) in [5.74, 6) is 0.750. The van der Waals surface area contributed by atoms with E-state index < -0.39 is 0 Å². The first-order valence-electron chi connectivity index (χ1n) is 8.30. The second-order valence-electron chi connectivity index (χ2n) is 6.28. The number of aromatic nitrogens is 2. The topological polar surface area (TPSA) is 71.4 Å². The van der Waals surface area contributed by atoms with Crippen molar-refractivity contribution in [3.63, 3.8) is 0 Å². The Hall–Kier alpha value is -2.08. The molecule has 4 rings (SSSR count). The van der Waals surface area contributed by atoms with Gasteiger partial charge in [-0.15, -0.1) is 0 Å². The zero-order chi connectivity index (χ0) is 15.6. The van der Waals surface area contributed by atoms with Gasteiger partial charge in [-0.2, -0.15) is 5.10 Å². The summed E-state index contributed by atoms with van der Waals surface area (Å²) in [4.78, 5) is 14.8. The molecule has 3 heterocycles. The van der Waals surface area contributed by atoms with E-state index >= 15 is 0 Å². The van der Waals surface area contributed by atoms with Crippen LogP contribution in [0.4, 0.5) is 0 Å². The predicted octanol–water partition coefficient (Wildman–Crippen LogP) is 2.31. The zero-order valence-electron chi connectivity index (χ0n) is 13.1. The van der Waals surface area contributed by atoms with E-state index in [0.29, 0.717) is 18.8 Å². The van der Waals surface area contributed by atoms with Crippen molar-refractivity contribution in [2.75, 3.05) is 13.2 Å². The number of aryl methyl sites for hydroxylation is 1. The second-order valence-corrected chi connectivity index (χ2v) is 6.28. The van der Waals surface area contributed by atoms with Gasteiger partial charge < -0.3 is 14.1 Å². The lowest BCUT2D eigenvalue weighted by Gasteiger charge is -2.24. The molecule has 1 saturated heterocycles. The molecule has 122 valence electrons. The highest BCUT2D eigenvalue weighted by Crippen LogP contribution is 2.25. The van der Waals surface area contributed by atoms with Gasteiger partial charge in [-0.05, 0) is 44.2 Å². The summed E-state index contributed by atoms with van der Waals surface area (Å²) in [6, 6.07) is 3.74. The highest BCUT2D eigenvalue weighted by atomic mass is 16.5. The third-order valence-electron chi connectivity index (χ3n) is 4.67. The van der Waals surface area contributed by atoms with Crippen molar-refractivity contribution in [2.45, 2.75) is 44.8 Å². The van der Waals surface area contributed by atoms with Crippen LogP contribution in [0, 0.1) is 0 Å². The van der Waals surface area contributed by atoms with Gasteiger partial charge in [0.2, 0.25) is 0 Å². The van der Waals surface area contributed by atoms with Crippen LogP contribution in [0.5, 0.6) is 0 Å². The molecule has 1 aliphatic heterocycles. The molecule has 1 fully saturated rings. The summed E-state index contributed by atoms with van der Waals surface area (Å²) >= 11 is 0. The summed E-state index contributed by atoms with van der Waals surface area (Å²) in [5.41, 5.74) is 2.78. The molecule has 0 unspecified atom stereocenters. The smallest absolute Gasteiger partial charge is 0.275 e. The molecular weight excluding hydrogens is 294 g/mol. The summed E-state index contributed by atoms with van der Waals surface area (Å²) in [7, 11) is 0. The number of carbonyl (C=O) groups is 1. The molecule has 0 bridgehead atoms. The van der Waals surface area contributed by atoms with Gasteiger partial charge in [0.15, 0.2) is 5.69 Å². The zero-order valence-corrected chi connectivity index (χ0v) is 13.1. The standard InChI is InChI=1S/C17H21N3O3/c21-17(16-14-6-1-7-15(14)18-19-16)20(10-12-4-2-8-22-12)11-13-5-3-9-23-13/h2,4,8,13H,1,3,5-7,9-11H2,(H,18,19)/t13-/m0/s1. The molecule has 1 aliphatic carbocycles. The number of H-pyrrole nitrogens is 1. The number of hydrogen-bond donors (Lipinski definition) is 1. The monoisotopic (exact) mass is 315 g/mol. The van der Waals surface area contributed by atoms with Gasteiger partial charge in [0, 0.05) is 24.4 Å². The quantitative estimate of drug-likeness (QED) is 0.919. The minimum absolute atomic E-state index is 0.0312. The number of hydrogen-bond acceptors (Lipinski definition) is 4. The molecule has 23 heavy (non-hydrogen) atoms. The number of rotatable bonds is 5. The van der Waals surface area contributed by atoms with Crippen molar-refractivity contribution >= 4 is 5.91 Å². The van der Waals surface area contributed by atoms with Crippen molar-refractivity contribution in [1.29, 1.82) is 0 Å². The molecule has 1 atom stereocenters. The average Bonchev–Trinajstić information content (AvgIpc) is 3.31. The maximum Gasteiger partial charge on any atom is 0.275 e. The van der Waals surface area contributed by atoms with Gasteiger partial charge in [-0.25, -0.2) is 0 Å². The van der Waals surface area contributed by atoms with Crippen LogP contribution in [0.1, 0.15) is 46.8 Å². The first-order valence-corrected chi connectivity index (χ1v) is 8.30. The van der Waals surface area contributed by atoms with E-state index in [0.717, 1.165) is 55.7 Å². The molecule has 1 N–H and O–H groups in total. The van der Waals surface area contributed by atoms with E-state index in [2.05, 4.69) is 10.2 Å². The van der Waals surface area contributed by atoms with Gasteiger partial charge >= 0.3 is 0 Å². The van der Waals surface area contributed by atoms with Crippen LogP contribution in [-0.2, 0) is 24.1 Å². The van der Waals surface area contributed by atoms with E-state index in [-0.39, 0.29) is 12.0 Å². The fourth-order valence-corrected chi connectivity index (χ4v) is 3.49. The Morgan fingerprint density at radius 1 is 1.39 bits per heavy atom. The lowest BCUT2D eigenvalue weighted by Crippen LogP contribution is -2.37. The van der Waals surface area contributed by atoms with Crippen LogP contribution in [0.3, 0.4) is 0 Å². The number of aromatic amines is 1. The van der Waals surface area contributed by atoms with Crippen molar-refractivity contribution in [3.8, 4) is 0 Å². The number of nitrogens with zero attached hydrogens (tertiary/aromatic N) is 2. The maximum atomic E-state index is 13.0. The van der Waals surface area contributed by atoms with Crippen molar-refractivity contribution in [2.24, 2.45) is 0 Å². The van der Waals surface area contributed by atoms with Crippen LogP contribution < -0.4 is 0 Å². The second kappa shape index (κ2) is 6.20. The highest BCUT2D eigenvalue weighted by molar-refractivity contribution is 5.94. The highest BCUT2D eigenvalue weighted by Gasteiger charge is 2.29. The molecular formula is C17H21N3O3. The van der Waals surface area contributed by atoms with Crippen molar-refractivity contribution in [3.05, 3.63) is 41.1 Å². The van der Waals surface area contributed by atoms with Crippen molar-refractivity contribution < 1.29 is 13.9 Å². The predicted molar refractivity (Wildman–Crippen MR) is 83.0 cm³/mol. The normalized spacial score (nSPS) is 19.9. The molecule has 6 heteroatoms. The van der Waals surface area contributed by atoms with Crippen molar-refractivity contribution in [1.82, 2.24) is 15.1 Å². The molecule has 2 aromatic rings. The lowest BCUT2D eigenvalue weighted by atomic mass is 10.1. The molecule has 1 amide bonds. The largest absolute Gasteiger partial charge is 0.467 e. The Morgan fingerprint density at radius 3 is 3.13 bits per heavy atom. The van der Waals surface area contributed by atoms with E-state index in [4.69, 9.17) is 9.15 Å². The minimum atomic E-state index is -0.0312. The Labute approximate surface area is 134 Å². The van der Waals surface area contributed by atoms with Gasteiger partial charge in [-0.3, -0.25) is 9.89 Å². The Bertz CT molecular complexity index is 671. The number of fused-ring (bicyclic) bond motifs is 1. The third-order valence-corrected chi connectivity index (χ3v) is 4.67. The molecule has 6 nitrogen and oxygen atoms in total. The Balaban J connectivity index is 1.56. The van der Waals surface area contributed by atoms with Crippen LogP contribution in [0.15, 0.2) is 22.8 Å². The first-order chi connectivity index (χ1) is 11.3. The Morgan fingerprint density at radius 2 is 2.35 bits per heavy atom. The van der Waals surface area contributed by atoms with E-state index in [1.165, 1.54) is 0 Å². The summed E-state index contributed by atoms with van der Waals surface area (Å²) in [5, 5.41) is 7.30. The van der Waals surface area contributed by atoms with Gasteiger partial charge in [0.25, 0.3) is 5.91 Å². The number of ether oxygens (including phenoxy) is 1. The van der Waals surface area contributed by atoms with E-state index in [9.17, 15) is 4.79 Å². The molecule has 0 saturated carbocycles. The molecule has 0 spiro atoms. The number of furan rings is 1. The number of nitrogens with one attached hydrogen (secondary N) is 1. The van der Waals surface area contributed by atoms with Gasteiger partial charge in [0.1, 0.15) is 5.76 Å². The van der Waals surface area contributed by atoms with Crippen LogP contribution in [0.25, 0.3) is 0 Å². The molecule has 2 aliphatic rings. The van der Waals surface area contributed by atoms with Crippen LogP contribution in [-0.4, -0.2) is 40.3 Å². The van der Waals surface area contributed by atoms with Crippen LogP contribution in [0.2, 0.25) is 0 Å². The van der Waals surface area contributed by atoms with Gasteiger partial charge in [-0.1, -0.05) is 0 Å².